The molecule has 1 heterocycles. The van der Waals surface area contributed by atoms with Crippen molar-refractivity contribution in [3.8, 4) is 0 Å². The highest BCUT2D eigenvalue weighted by atomic mass is 16.5. The molecule has 1 rings (SSSR count). The van der Waals surface area contributed by atoms with Crippen LogP contribution in [0.3, 0.4) is 0 Å². The summed E-state index contributed by atoms with van der Waals surface area (Å²) in [6.07, 6.45) is 2.79. The lowest BCUT2D eigenvalue weighted by Gasteiger charge is -2.14. The zero-order valence-electron chi connectivity index (χ0n) is 8.47. The molecule has 0 aromatic heterocycles. The quantitative estimate of drug-likeness (QED) is 0.696. The first kappa shape index (κ1) is 10.0. The van der Waals surface area contributed by atoms with Crippen molar-refractivity contribution < 1.29 is 4.74 Å². The summed E-state index contributed by atoms with van der Waals surface area (Å²) in [5, 5.41) is 3.49. The Balaban J connectivity index is 2.17. The molecule has 0 unspecified atom stereocenters. The van der Waals surface area contributed by atoms with Crippen LogP contribution in [0.4, 0.5) is 0 Å². The maximum atomic E-state index is 5.67. The molecule has 0 aromatic carbocycles. The van der Waals surface area contributed by atoms with Crippen molar-refractivity contribution in [1.29, 1.82) is 0 Å². The zero-order valence-corrected chi connectivity index (χ0v) is 8.47. The summed E-state index contributed by atoms with van der Waals surface area (Å²) in [6, 6.07) is 0.673. The van der Waals surface area contributed by atoms with Crippen LogP contribution in [0.1, 0.15) is 33.6 Å². The Hall–Kier alpha value is -0.0800. The Morgan fingerprint density at radius 2 is 2.25 bits per heavy atom. The second-order valence-corrected chi connectivity index (χ2v) is 3.99. The molecule has 0 aromatic rings. The van der Waals surface area contributed by atoms with Gasteiger partial charge in [-0.05, 0) is 18.8 Å². The van der Waals surface area contributed by atoms with Gasteiger partial charge >= 0.3 is 0 Å². The highest BCUT2D eigenvalue weighted by Crippen LogP contribution is 2.16. The Bertz CT molecular complexity index is 125. The third-order valence-corrected chi connectivity index (χ3v) is 2.49. The van der Waals surface area contributed by atoms with E-state index < -0.39 is 0 Å². The summed E-state index contributed by atoms with van der Waals surface area (Å²) < 4.78 is 5.67. The van der Waals surface area contributed by atoms with Crippen LogP contribution in [0.15, 0.2) is 0 Å². The summed E-state index contributed by atoms with van der Waals surface area (Å²) in [6.45, 7) is 8.64. The van der Waals surface area contributed by atoms with Gasteiger partial charge in [0.15, 0.2) is 0 Å². The highest BCUT2D eigenvalue weighted by Gasteiger charge is 2.26. The second kappa shape index (κ2) is 4.83. The largest absolute Gasteiger partial charge is 0.377 e. The van der Waals surface area contributed by atoms with E-state index in [4.69, 9.17) is 4.74 Å². The van der Waals surface area contributed by atoms with Crippen LogP contribution in [0.5, 0.6) is 0 Å². The first-order valence-corrected chi connectivity index (χ1v) is 5.09. The fourth-order valence-electron chi connectivity index (χ4n) is 1.65. The molecule has 1 fully saturated rings. The van der Waals surface area contributed by atoms with Gasteiger partial charge in [0.05, 0.1) is 6.10 Å². The molecule has 2 atom stereocenters. The highest BCUT2D eigenvalue weighted by molar-refractivity contribution is 4.84. The lowest BCUT2D eigenvalue weighted by molar-refractivity contribution is 0.0649. The van der Waals surface area contributed by atoms with Gasteiger partial charge in [0.2, 0.25) is 0 Å². The maximum Gasteiger partial charge on any atom is 0.0714 e. The van der Waals surface area contributed by atoms with E-state index in [0.717, 1.165) is 25.5 Å². The molecule has 0 bridgehead atoms. The number of hydrogen-bond acceptors (Lipinski definition) is 2. The molecule has 1 aliphatic heterocycles. The van der Waals surface area contributed by atoms with Crippen LogP contribution in [-0.4, -0.2) is 25.3 Å². The van der Waals surface area contributed by atoms with Crippen molar-refractivity contribution >= 4 is 0 Å². The van der Waals surface area contributed by atoms with E-state index in [1.807, 2.05) is 0 Å². The van der Waals surface area contributed by atoms with Gasteiger partial charge in [-0.2, -0.15) is 0 Å². The molecular weight excluding hydrogens is 150 g/mol. The van der Waals surface area contributed by atoms with Crippen LogP contribution in [0, 0.1) is 5.92 Å². The summed E-state index contributed by atoms with van der Waals surface area (Å²) in [5.41, 5.74) is 0. The molecule has 0 amide bonds. The average Bonchev–Trinajstić information content (AvgIpc) is 2.48. The fraction of sp³-hybridized carbons (Fsp3) is 1.00. The van der Waals surface area contributed by atoms with Crippen LogP contribution in [0.25, 0.3) is 0 Å². The minimum atomic E-state index is 0.470. The first-order valence-electron chi connectivity index (χ1n) is 5.09. The number of nitrogens with one attached hydrogen (secondary N) is 1. The molecule has 12 heavy (non-hydrogen) atoms. The van der Waals surface area contributed by atoms with Crippen molar-refractivity contribution in [3.05, 3.63) is 0 Å². The Morgan fingerprint density at radius 1 is 1.50 bits per heavy atom. The molecule has 72 valence electrons. The predicted molar refractivity (Wildman–Crippen MR) is 51.3 cm³/mol. The predicted octanol–water partition coefficient (Wildman–Crippen LogP) is 1.80. The number of ether oxygens (including phenoxy) is 1. The van der Waals surface area contributed by atoms with E-state index in [9.17, 15) is 0 Å². The van der Waals surface area contributed by atoms with Gasteiger partial charge < -0.3 is 10.1 Å². The standard InChI is InChI=1S/C10H21NO/c1-4-5-12-9-6-10(8(2)3)11-7-9/h8-11H,4-7H2,1-3H3/t9-,10-/m1/s1. The topological polar surface area (TPSA) is 21.3 Å². The summed E-state index contributed by atoms with van der Waals surface area (Å²) in [4.78, 5) is 0. The van der Waals surface area contributed by atoms with E-state index >= 15 is 0 Å². The van der Waals surface area contributed by atoms with Gasteiger partial charge in [-0.25, -0.2) is 0 Å². The van der Waals surface area contributed by atoms with Crippen molar-refractivity contribution in [2.45, 2.75) is 45.8 Å². The van der Waals surface area contributed by atoms with Crippen molar-refractivity contribution in [2.75, 3.05) is 13.2 Å². The fourth-order valence-corrected chi connectivity index (χ4v) is 1.65. The zero-order chi connectivity index (χ0) is 8.97. The number of hydrogen-bond donors (Lipinski definition) is 1. The molecule has 1 N–H and O–H groups in total. The normalized spacial score (nSPS) is 30.0. The smallest absolute Gasteiger partial charge is 0.0714 e. The molecule has 0 radical (unpaired) electrons. The van der Waals surface area contributed by atoms with Gasteiger partial charge in [-0.15, -0.1) is 0 Å². The molecule has 0 aliphatic carbocycles. The van der Waals surface area contributed by atoms with E-state index in [1.165, 1.54) is 6.42 Å². The van der Waals surface area contributed by atoms with Crippen LogP contribution >= 0.6 is 0 Å². The molecule has 0 spiro atoms. The summed E-state index contributed by atoms with van der Waals surface area (Å²) in [7, 11) is 0. The van der Waals surface area contributed by atoms with Crippen molar-refractivity contribution in [1.82, 2.24) is 5.32 Å². The van der Waals surface area contributed by atoms with Gasteiger partial charge in [0.25, 0.3) is 0 Å². The molecule has 2 heteroatoms. The average molecular weight is 171 g/mol. The van der Waals surface area contributed by atoms with Crippen molar-refractivity contribution in [2.24, 2.45) is 5.92 Å². The molecule has 2 nitrogen and oxygen atoms in total. The van der Waals surface area contributed by atoms with E-state index in [2.05, 4.69) is 26.1 Å². The maximum absolute atomic E-state index is 5.67. The lowest BCUT2D eigenvalue weighted by atomic mass is 10.0. The summed E-state index contributed by atoms with van der Waals surface area (Å²) in [5.74, 6) is 0.736. The molecule has 1 saturated heterocycles. The monoisotopic (exact) mass is 171 g/mol. The molecule has 0 saturated carbocycles. The summed E-state index contributed by atoms with van der Waals surface area (Å²) >= 11 is 0. The van der Waals surface area contributed by atoms with Crippen molar-refractivity contribution in [3.63, 3.8) is 0 Å². The molecule has 1 aliphatic rings. The minimum absolute atomic E-state index is 0.470. The van der Waals surface area contributed by atoms with Crippen LogP contribution in [0.2, 0.25) is 0 Å². The minimum Gasteiger partial charge on any atom is -0.377 e. The second-order valence-electron chi connectivity index (χ2n) is 3.99. The Kier molecular flexibility index (Phi) is 4.02. The third kappa shape index (κ3) is 2.76. The van der Waals surface area contributed by atoms with Crippen LogP contribution in [-0.2, 0) is 4.74 Å². The lowest BCUT2D eigenvalue weighted by Crippen LogP contribution is -2.26. The molecular formula is C10H21NO. The van der Waals surface area contributed by atoms with E-state index in [-0.39, 0.29) is 0 Å². The Labute approximate surface area is 75.7 Å². The van der Waals surface area contributed by atoms with E-state index in [0.29, 0.717) is 12.1 Å². The Morgan fingerprint density at radius 3 is 2.75 bits per heavy atom. The first-order chi connectivity index (χ1) is 5.74. The SMILES string of the molecule is CCCO[C@H]1CN[C@@H](C(C)C)C1. The van der Waals surface area contributed by atoms with E-state index in [1.54, 1.807) is 0 Å². The number of rotatable bonds is 4. The van der Waals surface area contributed by atoms with Crippen LogP contribution < -0.4 is 5.32 Å². The van der Waals surface area contributed by atoms with Gasteiger partial charge in [0.1, 0.15) is 0 Å². The third-order valence-electron chi connectivity index (χ3n) is 2.49. The van der Waals surface area contributed by atoms with Gasteiger partial charge in [-0.1, -0.05) is 20.8 Å². The van der Waals surface area contributed by atoms with Gasteiger partial charge in [-0.3, -0.25) is 0 Å². The van der Waals surface area contributed by atoms with Gasteiger partial charge in [0, 0.05) is 19.2 Å².